The molecule has 3 aromatic rings. The molecule has 2 aromatic carbocycles. The van der Waals surface area contributed by atoms with Crippen molar-refractivity contribution in [3.05, 3.63) is 66.4 Å². The van der Waals surface area contributed by atoms with E-state index in [2.05, 4.69) is 20.6 Å². The Balaban J connectivity index is 1.78. The van der Waals surface area contributed by atoms with E-state index < -0.39 is 11.1 Å². The molecule has 7 nitrogen and oxygen atoms in total. The number of anilines is 4. The zero-order valence-electron chi connectivity index (χ0n) is 13.1. The Morgan fingerprint density at radius 1 is 1.00 bits per heavy atom. The summed E-state index contributed by atoms with van der Waals surface area (Å²) in [6.07, 6.45) is 1.58. The van der Waals surface area contributed by atoms with E-state index in [9.17, 15) is 8.76 Å². The standard InChI is InChI=1S/C17H16N4O3S/c22-11-12-5-7-13(8-6-12)19-17-18-10-9-16(21-17)20-14-3-1-2-4-15(14)25(23)24/h1-10,22H,11H2,(H,23,24)(H2,18,19,20,21). The normalized spacial score (nSPS) is 11.8. The van der Waals surface area contributed by atoms with Gasteiger partial charge < -0.3 is 20.3 Å². The summed E-state index contributed by atoms with van der Waals surface area (Å²) < 4.78 is 20.7. The summed E-state index contributed by atoms with van der Waals surface area (Å²) >= 11 is -2.10. The lowest BCUT2D eigenvalue weighted by atomic mass is 10.2. The lowest BCUT2D eigenvalue weighted by molar-refractivity contribution is 0.282. The molecule has 3 rings (SSSR count). The van der Waals surface area contributed by atoms with E-state index in [0.717, 1.165) is 11.3 Å². The lowest BCUT2D eigenvalue weighted by Gasteiger charge is -2.10. The van der Waals surface area contributed by atoms with E-state index in [1.165, 1.54) is 0 Å². The average molecular weight is 356 g/mol. The predicted molar refractivity (Wildman–Crippen MR) is 96.4 cm³/mol. The van der Waals surface area contributed by atoms with Crippen LogP contribution in [0.3, 0.4) is 0 Å². The van der Waals surface area contributed by atoms with Gasteiger partial charge in [-0.05, 0) is 35.9 Å². The van der Waals surface area contributed by atoms with E-state index in [1.54, 1.807) is 48.7 Å². The van der Waals surface area contributed by atoms with Crippen LogP contribution in [0.15, 0.2) is 65.7 Å². The first-order chi connectivity index (χ1) is 12.2. The maximum Gasteiger partial charge on any atom is 0.229 e. The number of rotatable bonds is 6. The van der Waals surface area contributed by atoms with Gasteiger partial charge in [-0.1, -0.05) is 24.3 Å². The Hall–Kier alpha value is -2.81. The molecule has 1 heterocycles. The second-order valence-corrected chi connectivity index (χ2v) is 6.05. The maximum absolute atomic E-state index is 11.4. The van der Waals surface area contributed by atoms with Gasteiger partial charge in [0, 0.05) is 11.9 Å². The second kappa shape index (κ2) is 7.84. The van der Waals surface area contributed by atoms with Crippen LogP contribution < -0.4 is 10.6 Å². The molecule has 0 saturated carbocycles. The largest absolute Gasteiger partial charge is 0.392 e. The van der Waals surface area contributed by atoms with Crippen molar-refractivity contribution < 1.29 is 13.9 Å². The number of hydrogen-bond donors (Lipinski definition) is 4. The molecule has 1 aromatic heterocycles. The highest BCUT2D eigenvalue weighted by molar-refractivity contribution is 7.79. The van der Waals surface area contributed by atoms with Crippen LogP contribution in [0.25, 0.3) is 0 Å². The predicted octanol–water partition coefficient (Wildman–Crippen LogP) is 3.04. The Morgan fingerprint density at radius 3 is 2.48 bits per heavy atom. The highest BCUT2D eigenvalue weighted by Gasteiger charge is 2.08. The van der Waals surface area contributed by atoms with Crippen LogP contribution >= 0.6 is 0 Å². The van der Waals surface area contributed by atoms with E-state index in [0.29, 0.717) is 17.5 Å². The van der Waals surface area contributed by atoms with Crippen LogP contribution in [0.1, 0.15) is 5.56 Å². The molecule has 25 heavy (non-hydrogen) atoms. The van der Waals surface area contributed by atoms with E-state index >= 15 is 0 Å². The topological polar surface area (TPSA) is 107 Å². The third-order valence-corrected chi connectivity index (χ3v) is 4.12. The fourth-order valence-corrected chi connectivity index (χ4v) is 2.67. The minimum absolute atomic E-state index is 0.0121. The van der Waals surface area contributed by atoms with Gasteiger partial charge in [-0.25, -0.2) is 9.19 Å². The van der Waals surface area contributed by atoms with Gasteiger partial charge >= 0.3 is 0 Å². The summed E-state index contributed by atoms with van der Waals surface area (Å²) in [5.74, 6) is 0.867. The second-order valence-electron chi connectivity index (χ2n) is 5.12. The zero-order valence-corrected chi connectivity index (χ0v) is 13.9. The van der Waals surface area contributed by atoms with Crippen LogP contribution in [-0.4, -0.2) is 23.8 Å². The van der Waals surface area contributed by atoms with Crippen molar-refractivity contribution >= 4 is 34.2 Å². The van der Waals surface area contributed by atoms with Crippen LogP contribution in [0.2, 0.25) is 0 Å². The number of nitrogens with one attached hydrogen (secondary N) is 2. The third-order valence-electron chi connectivity index (χ3n) is 3.39. The molecule has 0 aliphatic heterocycles. The molecule has 0 saturated heterocycles. The van der Waals surface area contributed by atoms with Gasteiger partial charge in [0.2, 0.25) is 5.95 Å². The summed E-state index contributed by atoms with van der Waals surface area (Å²) in [6.45, 7) is -0.0121. The minimum atomic E-state index is -2.10. The minimum Gasteiger partial charge on any atom is -0.392 e. The van der Waals surface area contributed by atoms with Crippen LogP contribution in [0.5, 0.6) is 0 Å². The van der Waals surface area contributed by atoms with Crippen LogP contribution in [0, 0.1) is 0 Å². The van der Waals surface area contributed by atoms with Crippen molar-refractivity contribution in [2.24, 2.45) is 0 Å². The molecule has 0 aliphatic carbocycles. The van der Waals surface area contributed by atoms with Gasteiger partial charge in [-0.15, -0.1) is 0 Å². The molecule has 0 radical (unpaired) electrons. The zero-order chi connectivity index (χ0) is 17.6. The van der Waals surface area contributed by atoms with Gasteiger partial charge in [0.25, 0.3) is 0 Å². The number of aliphatic hydroxyl groups excluding tert-OH is 1. The van der Waals surface area contributed by atoms with Crippen molar-refractivity contribution in [3.8, 4) is 0 Å². The number of aromatic nitrogens is 2. The SMILES string of the molecule is O=S(O)c1ccccc1Nc1ccnc(Nc2ccc(CO)cc2)n1. The molecule has 1 atom stereocenters. The highest BCUT2D eigenvalue weighted by atomic mass is 32.2. The van der Waals surface area contributed by atoms with Gasteiger partial charge in [-0.3, -0.25) is 0 Å². The summed E-state index contributed by atoms with van der Waals surface area (Å²) in [6, 6.07) is 15.6. The van der Waals surface area contributed by atoms with Crippen molar-refractivity contribution in [2.75, 3.05) is 10.6 Å². The number of benzene rings is 2. The Labute approximate surface area is 147 Å². The van der Waals surface area contributed by atoms with Gasteiger partial charge in [0.1, 0.15) is 5.82 Å². The fraction of sp³-hybridized carbons (Fsp3) is 0.0588. The van der Waals surface area contributed by atoms with Gasteiger partial charge in [-0.2, -0.15) is 4.98 Å². The number of hydrogen-bond acceptors (Lipinski definition) is 6. The van der Waals surface area contributed by atoms with Crippen LogP contribution in [0.4, 0.5) is 23.1 Å². The summed E-state index contributed by atoms with van der Waals surface area (Å²) in [5.41, 5.74) is 2.10. The molecule has 128 valence electrons. The lowest BCUT2D eigenvalue weighted by Crippen LogP contribution is -2.02. The third kappa shape index (κ3) is 4.38. The first-order valence-electron chi connectivity index (χ1n) is 7.42. The molecule has 0 bridgehead atoms. The van der Waals surface area contributed by atoms with Gasteiger partial charge in [0.05, 0.1) is 17.2 Å². The number of aliphatic hydroxyl groups is 1. The first kappa shape index (κ1) is 17.0. The molecule has 0 amide bonds. The van der Waals surface area contributed by atoms with Crippen molar-refractivity contribution in [1.82, 2.24) is 9.97 Å². The average Bonchev–Trinajstić information content (AvgIpc) is 2.63. The first-order valence-corrected chi connectivity index (χ1v) is 8.53. The highest BCUT2D eigenvalue weighted by Crippen LogP contribution is 2.23. The molecular formula is C17H16N4O3S. The Morgan fingerprint density at radius 2 is 1.76 bits per heavy atom. The smallest absolute Gasteiger partial charge is 0.229 e. The van der Waals surface area contributed by atoms with E-state index in [4.69, 9.17) is 5.11 Å². The molecule has 0 aliphatic rings. The molecule has 4 N–H and O–H groups in total. The van der Waals surface area contributed by atoms with Gasteiger partial charge in [0.15, 0.2) is 11.1 Å². The quantitative estimate of drug-likeness (QED) is 0.503. The fourth-order valence-electron chi connectivity index (χ4n) is 2.17. The van der Waals surface area contributed by atoms with E-state index in [1.807, 2.05) is 12.1 Å². The van der Waals surface area contributed by atoms with E-state index in [-0.39, 0.29) is 11.5 Å². The Kier molecular flexibility index (Phi) is 5.34. The monoisotopic (exact) mass is 356 g/mol. The Bertz CT molecular complexity index is 887. The number of para-hydroxylation sites is 1. The van der Waals surface area contributed by atoms with Crippen molar-refractivity contribution in [2.45, 2.75) is 11.5 Å². The molecular weight excluding hydrogens is 340 g/mol. The molecule has 0 spiro atoms. The number of nitrogens with zero attached hydrogens (tertiary/aromatic N) is 2. The summed E-state index contributed by atoms with van der Waals surface area (Å²) in [5, 5.41) is 15.1. The van der Waals surface area contributed by atoms with Crippen molar-refractivity contribution in [1.29, 1.82) is 0 Å². The van der Waals surface area contributed by atoms with Crippen LogP contribution in [-0.2, 0) is 17.7 Å². The van der Waals surface area contributed by atoms with Crippen molar-refractivity contribution in [3.63, 3.8) is 0 Å². The molecule has 1 unspecified atom stereocenters. The summed E-state index contributed by atoms with van der Waals surface area (Å²) in [7, 11) is 0. The molecule has 0 fully saturated rings. The molecule has 8 heteroatoms. The summed E-state index contributed by atoms with van der Waals surface area (Å²) in [4.78, 5) is 8.77. The maximum atomic E-state index is 11.4.